The van der Waals surface area contributed by atoms with Gasteiger partial charge in [-0.2, -0.15) is 0 Å². The van der Waals surface area contributed by atoms with Crippen LogP contribution in [0.1, 0.15) is 5.56 Å². The molecule has 18 heavy (non-hydrogen) atoms. The van der Waals surface area contributed by atoms with Gasteiger partial charge >= 0.3 is 0 Å². The van der Waals surface area contributed by atoms with Crippen molar-refractivity contribution in [2.45, 2.75) is 6.61 Å². The summed E-state index contributed by atoms with van der Waals surface area (Å²) in [6, 6.07) is 15.1. The Morgan fingerprint density at radius 2 is 1.67 bits per heavy atom. The van der Waals surface area contributed by atoms with Crippen LogP contribution < -0.4 is 4.48 Å². The van der Waals surface area contributed by atoms with Crippen molar-refractivity contribution in [1.29, 1.82) is 0 Å². The molecule has 1 heterocycles. The smallest absolute Gasteiger partial charge is 0.151 e. The molecule has 1 aliphatic rings. The summed E-state index contributed by atoms with van der Waals surface area (Å²) in [4.78, 5) is 0. The molecule has 0 radical (unpaired) electrons. The average Bonchev–Trinajstić information content (AvgIpc) is 2.61. The van der Waals surface area contributed by atoms with Gasteiger partial charge in [-0.3, -0.25) is 4.48 Å². The number of hydrogen-bond donors (Lipinski definition) is 0. The Labute approximate surface area is 108 Å². The third-order valence-corrected chi connectivity index (χ3v) is 3.77. The Balaban J connectivity index is 2.31. The monoisotopic (exact) mass is 240 g/mol. The molecule has 0 saturated carbocycles. The number of rotatable bonds is 2. The first kappa shape index (κ1) is 11.5. The zero-order chi connectivity index (χ0) is 12.8. The molecule has 0 bridgehead atoms. The molecule has 2 heteroatoms. The molecule has 0 spiro atoms. The van der Waals surface area contributed by atoms with Crippen LogP contribution in [0.2, 0.25) is 0 Å². The second-order valence-electron chi connectivity index (χ2n) is 5.22. The zero-order valence-corrected chi connectivity index (χ0v) is 11.1. The van der Waals surface area contributed by atoms with Crippen LogP contribution in [0.3, 0.4) is 0 Å². The number of hydrogen-bond acceptors (Lipinski definition) is 1. The largest absolute Gasteiger partial charge is 0.380 e. The normalized spacial score (nSPS) is 15.3. The van der Waals surface area contributed by atoms with Crippen molar-refractivity contribution in [3.63, 3.8) is 0 Å². The molecule has 92 valence electrons. The third-order valence-electron chi connectivity index (χ3n) is 3.77. The zero-order valence-electron chi connectivity index (χ0n) is 11.1. The van der Waals surface area contributed by atoms with Crippen LogP contribution in [-0.2, 0) is 11.3 Å². The fourth-order valence-corrected chi connectivity index (χ4v) is 3.05. The van der Waals surface area contributed by atoms with Gasteiger partial charge in [-0.25, -0.2) is 0 Å². The molecule has 0 aromatic heterocycles. The Hall–Kier alpha value is -1.64. The van der Waals surface area contributed by atoms with Crippen molar-refractivity contribution in [2.24, 2.45) is 0 Å². The van der Waals surface area contributed by atoms with Crippen LogP contribution in [0.25, 0.3) is 11.1 Å². The SMILES string of the molecule is COCc1cccc2c1[N+](C)(C)c1ccccc1-2. The minimum atomic E-state index is 0.666. The molecule has 0 atom stereocenters. The molecule has 1 aliphatic heterocycles. The molecule has 3 rings (SSSR count). The van der Waals surface area contributed by atoms with Gasteiger partial charge in [0, 0.05) is 29.9 Å². The molecule has 0 N–H and O–H groups in total. The number of para-hydroxylation sites is 2. The van der Waals surface area contributed by atoms with Gasteiger partial charge in [-0.15, -0.1) is 0 Å². The number of quaternary nitrogens is 1. The minimum Gasteiger partial charge on any atom is -0.380 e. The fraction of sp³-hybridized carbons (Fsp3) is 0.250. The molecule has 0 unspecified atom stereocenters. The molecule has 0 amide bonds. The van der Waals surface area contributed by atoms with Gasteiger partial charge in [0.15, 0.2) is 5.69 Å². The summed E-state index contributed by atoms with van der Waals surface area (Å²) >= 11 is 0. The number of fused-ring (bicyclic) bond motifs is 3. The summed E-state index contributed by atoms with van der Waals surface area (Å²) in [5, 5.41) is 0. The first-order valence-corrected chi connectivity index (χ1v) is 6.21. The standard InChI is InChI=1S/C16H18NO/c1-17(2)15-10-5-4-8-13(15)14-9-6-7-12(11-18-3)16(14)17/h4-10H,11H2,1-3H3/q+1. The molecular weight excluding hydrogens is 222 g/mol. The van der Waals surface area contributed by atoms with E-state index in [0.29, 0.717) is 6.61 Å². The van der Waals surface area contributed by atoms with Crippen LogP contribution in [0.5, 0.6) is 0 Å². The highest BCUT2D eigenvalue weighted by molar-refractivity contribution is 5.95. The summed E-state index contributed by atoms with van der Waals surface area (Å²) < 4.78 is 6.13. The first-order valence-electron chi connectivity index (χ1n) is 6.21. The molecule has 2 aromatic rings. The van der Waals surface area contributed by atoms with E-state index < -0.39 is 0 Å². The van der Waals surface area contributed by atoms with E-state index in [1.54, 1.807) is 7.11 Å². The predicted molar refractivity (Wildman–Crippen MR) is 75.9 cm³/mol. The van der Waals surface area contributed by atoms with E-state index in [1.807, 2.05) is 0 Å². The Morgan fingerprint density at radius 3 is 2.44 bits per heavy atom. The summed E-state index contributed by atoms with van der Waals surface area (Å²) in [5.74, 6) is 0. The number of methoxy groups -OCH3 is 1. The van der Waals surface area contributed by atoms with Crippen molar-refractivity contribution in [1.82, 2.24) is 4.48 Å². The second-order valence-corrected chi connectivity index (χ2v) is 5.22. The topological polar surface area (TPSA) is 9.23 Å². The predicted octanol–water partition coefficient (Wildman–Crippen LogP) is 3.71. The van der Waals surface area contributed by atoms with Gasteiger partial charge in [0.05, 0.1) is 20.7 Å². The highest BCUT2D eigenvalue weighted by Crippen LogP contribution is 2.52. The summed E-state index contributed by atoms with van der Waals surface area (Å²) in [6.45, 7) is 0.666. The molecule has 2 nitrogen and oxygen atoms in total. The lowest BCUT2D eigenvalue weighted by molar-refractivity contribution is 0.184. The molecule has 0 aliphatic carbocycles. The Morgan fingerprint density at radius 1 is 0.944 bits per heavy atom. The second kappa shape index (κ2) is 3.94. The molecule has 0 saturated heterocycles. The van der Waals surface area contributed by atoms with E-state index in [2.05, 4.69) is 56.6 Å². The van der Waals surface area contributed by atoms with Crippen molar-refractivity contribution >= 4 is 11.4 Å². The molecule has 2 aromatic carbocycles. The minimum absolute atomic E-state index is 0.666. The van der Waals surface area contributed by atoms with Crippen LogP contribution in [0, 0.1) is 0 Å². The fourth-order valence-electron chi connectivity index (χ4n) is 3.05. The number of ether oxygens (including phenoxy) is 1. The van der Waals surface area contributed by atoms with Crippen molar-refractivity contribution in [2.75, 3.05) is 21.2 Å². The Bertz CT molecular complexity index is 602. The number of nitrogens with zero attached hydrogens (tertiary/aromatic N) is 1. The maximum Gasteiger partial charge on any atom is 0.151 e. The van der Waals surface area contributed by atoms with E-state index in [-0.39, 0.29) is 0 Å². The molecular formula is C16H18NO+. The van der Waals surface area contributed by atoms with E-state index in [1.165, 1.54) is 28.1 Å². The van der Waals surface area contributed by atoms with E-state index in [0.717, 1.165) is 4.48 Å². The van der Waals surface area contributed by atoms with E-state index in [9.17, 15) is 0 Å². The van der Waals surface area contributed by atoms with Gasteiger partial charge in [0.1, 0.15) is 5.69 Å². The van der Waals surface area contributed by atoms with Crippen molar-refractivity contribution < 1.29 is 4.74 Å². The van der Waals surface area contributed by atoms with Gasteiger partial charge in [-0.1, -0.05) is 24.3 Å². The first-order chi connectivity index (χ1) is 8.66. The summed E-state index contributed by atoms with van der Waals surface area (Å²) in [7, 11) is 6.23. The van der Waals surface area contributed by atoms with E-state index in [4.69, 9.17) is 4.74 Å². The Kier molecular flexibility index (Phi) is 2.51. The van der Waals surface area contributed by atoms with Crippen LogP contribution in [0.15, 0.2) is 42.5 Å². The summed E-state index contributed by atoms with van der Waals surface area (Å²) in [6.07, 6.45) is 0. The average molecular weight is 240 g/mol. The maximum atomic E-state index is 5.34. The summed E-state index contributed by atoms with van der Waals surface area (Å²) in [5.41, 5.74) is 6.67. The highest BCUT2D eigenvalue weighted by Gasteiger charge is 2.38. The van der Waals surface area contributed by atoms with Crippen LogP contribution in [-0.4, -0.2) is 21.2 Å². The lowest BCUT2D eigenvalue weighted by Gasteiger charge is -2.26. The van der Waals surface area contributed by atoms with Gasteiger partial charge in [0.2, 0.25) is 0 Å². The van der Waals surface area contributed by atoms with Crippen LogP contribution in [0.4, 0.5) is 11.4 Å². The molecule has 0 fully saturated rings. The van der Waals surface area contributed by atoms with Crippen LogP contribution >= 0.6 is 0 Å². The highest BCUT2D eigenvalue weighted by atomic mass is 16.5. The number of benzene rings is 2. The van der Waals surface area contributed by atoms with Gasteiger partial charge < -0.3 is 4.74 Å². The lowest BCUT2D eigenvalue weighted by Crippen LogP contribution is -2.33. The van der Waals surface area contributed by atoms with Gasteiger partial charge in [-0.05, 0) is 12.1 Å². The quantitative estimate of drug-likeness (QED) is 0.727. The third kappa shape index (κ3) is 1.43. The maximum absolute atomic E-state index is 5.34. The van der Waals surface area contributed by atoms with E-state index >= 15 is 0 Å². The van der Waals surface area contributed by atoms with Gasteiger partial charge in [0.25, 0.3) is 0 Å². The lowest BCUT2D eigenvalue weighted by atomic mass is 10.0. The van der Waals surface area contributed by atoms with Crippen molar-refractivity contribution in [3.05, 3.63) is 48.0 Å². The van der Waals surface area contributed by atoms with Crippen molar-refractivity contribution in [3.8, 4) is 11.1 Å².